The van der Waals surface area contributed by atoms with Gasteiger partial charge in [0.25, 0.3) is 0 Å². The molecular formula is C24H26N6O2. The van der Waals surface area contributed by atoms with Crippen molar-refractivity contribution in [2.75, 3.05) is 31.6 Å². The van der Waals surface area contributed by atoms with Crippen molar-refractivity contribution in [3.8, 4) is 0 Å². The summed E-state index contributed by atoms with van der Waals surface area (Å²) in [7, 11) is 0. The van der Waals surface area contributed by atoms with Crippen LogP contribution in [0, 0.1) is 0 Å². The Kier molecular flexibility index (Phi) is 5.96. The van der Waals surface area contributed by atoms with E-state index in [4.69, 9.17) is 4.74 Å². The number of anilines is 1. The number of carbonyl (C=O) groups excluding carboxylic acids is 1. The molecule has 0 aliphatic carbocycles. The monoisotopic (exact) mass is 430 g/mol. The van der Waals surface area contributed by atoms with Crippen LogP contribution in [0.3, 0.4) is 0 Å². The molecule has 0 spiro atoms. The Morgan fingerprint density at radius 3 is 2.72 bits per heavy atom. The fourth-order valence-electron chi connectivity index (χ4n) is 4.02. The van der Waals surface area contributed by atoms with E-state index in [0.29, 0.717) is 0 Å². The minimum atomic E-state index is -0.129. The van der Waals surface area contributed by atoms with E-state index in [1.54, 1.807) is 4.68 Å². The molecule has 8 heteroatoms. The number of nitrogens with zero attached hydrogens (tertiary/aromatic N) is 5. The summed E-state index contributed by atoms with van der Waals surface area (Å²) in [6, 6.07) is 18.4. The van der Waals surface area contributed by atoms with Crippen LogP contribution in [0.4, 0.5) is 5.69 Å². The molecule has 1 amide bonds. The Labute approximate surface area is 186 Å². The lowest BCUT2D eigenvalue weighted by molar-refractivity contribution is -0.116. The number of aromatic nitrogens is 4. The van der Waals surface area contributed by atoms with E-state index < -0.39 is 0 Å². The normalized spacial score (nSPS) is 14.6. The van der Waals surface area contributed by atoms with Crippen LogP contribution in [0.25, 0.3) is 10.9 Å². The van der Waals surface area contributed by atoms with Crippen LogP contribution in [0.1, 0.15) is 11.3 Å². The SMILES string of the molecule is O=C(Cn1cc(CN2CCOCC2)nn1)Nc1ccc2c(ccn2Cc2ccccc2)c1. The molecule has 0 radical (unpaired) electrons. The van der Waals surface area contributed by atoms with Gasteiger partial charge in [-0.15, -0.1) is 5.10 Å². The van der Waals surface area contributed by atoms with Gasteiger partial charge >= 0.3 is 0 Å². The second-order valence-corrected chi connectivity index (χ2v) is 8.05. The van der Waals surface area contributed by atoms with Crippen molar-refractivity contribution in [3.63, 3.8) is 0 Å². The summed E-state index contributed by atoms with van der Waals surface area (Å²) >= 11 is 0. The lowest BCUT2D eigenvalue weighted by Gasteiger charge is -2.25. The summed E-state index contributed by atoms with van der Waals surface area (Å²) in [5, 5.41) is 12.4. The summed E-state index contributed by atoms with van der Waals surface area (Å²) in [5.41, 5.74) is 4.02. The highest BCUT2D eigenvalue weighted by molar-refractivity contribution is 5.93. The third kappa shape index (κ3) is 4.87. The Hall–Kier alpha value is -3.49. The molecule has 5 rings (SSSR count). The fourth-order valence-corrected chi connectivity index (χ4v) is 4.02. The number of fused-ring (bicyclic) bond motifs is 1. The first-order chi connectivity index (χ1) is 15.7. The second-order valence-electron chi connectivity index (χ2n) is 8.05. The van der Waals surface area contributed by atoms with Crippen LogP contribution in [-0.4, -0.2) is 56.7 Å². The number of carbonyl (C=O) groups is 1. The number of amides is 1. The molecule has 1 saturated heterocycles. The maximum absolute atomic E-state index is 12.5. The van der Waals surface area contributed by atoms with E-state index in [1.165, 1.54) is 5.56 Å². The molecule has 1 aliphatic heterocycles. The summed E-state index contributed by atoms with van der Waals surface area (Å²) < 4.78 is 9.16. The maximum atomic E-state index is 12.5. The average Bonchev–Trinajstić information content (AvgIpc) is 3.41. The predicted molar refractivity (Wildman–Crippen MR) is 122 cm³/mol. The summed E-state index contributed by atoms with van der Waals surface area (Å²) in [5.74, 6) is -0.129. The Morgan fingerprint density at radius 2 is 1.88 bits per heavy atom. The molecule has 1 N–H and O–H groups in total. The van der Waals surface area contributed by atoms with E-state index in [0.717, 1.165) is 61.7 Å². The molecule has 1 fully saturated rings. The van der Waals surface area contributed by atoms with Crippen molar-refractivity contribution < 1.29 is 9.53 Å². The van der Waals surface area contributed by atoms with Gasteiger partial charge in [0.1, 0.15) is 6.54 Å². The van der Waals surface area contributed by atoms with Crippen molar-refractivity contribution in [1.82, 2.24) is 24.5 Å². The van der Waals surface area contributed by atoms with Gasteiger partial charge in [-0.2, -0.15) is 0 Å². The largest absolute Gasteiger partial charge is 0.379 e. The van der Waals surface area contributed by atoms with Gasteiger partial charge < -0.3 is 14.6 Å². The quantitative estimate of drug-likeness (QED) is 0.488. The van der Waals surface area contributed by atoms with E-state index in [-0.39, 0.29) is 12.5 Å². The van der Waals surface area contributed by atoms with Gasteiger partial charge in [-0.25, -0.2) is 4.68 Å². The Balaban J connectivity index is 1.19. The molecule has 0 atom stereocenters. The molecule has 0 saturated carbocycles. The Morgan fingerprint density at radius 1 is 1.03 bits per heavy atom. The molecular weight excluding hydrogens is 404 g/mol. The first kappa shape index (κ1) is 20.4. The molecule has 4 aromatic rings. The molecule has 2 aromatic heterocycles. The number of rotatable bonds is 7. The molecule has 1 aliphatic rings. The lowest BCUT2D eigenvalue weighted by atomic mass is 10.2. The molecule has 0 bridgehead atoms. The average molecular weight is 431 g/mol. The lowest BCUT2D eigenvalue weighted by Crippen LogP contribution is -2.35. The zero-order valence-corrected chi connectivity index (χ0v) is 17.9. The van der Waals surface area contributed by atoms with Crippen molar-refractivity contribution in [3.05, 3.63) is 78.2 Å². The van der Waals surface area contributed by atoms with Crippen LogP contribution >= 0.6 is 0 Å². The van der Waals surface area contributed by atoms with Gasteiger partial charge in [0.2, 0.25) is 5.91 Å². The van der Waals surface area contributed by atoms with Gasteiger partial charge in [-0.1, -0.05) is 35.5 Å². The third-order valence-electron chi connectivity index (χ3n) is 5.63. The number of benzene rings is 2. The van der Waals surface area contributed by atoms with E-state index in [9.17, 15) is 4.79 Å². The van der Waals surface area contributed by atoms with Gasteiger partial charge in [0.15, 0.2) is 0 Å². The smallest absolute Gasteiger partial charge is 0.246 e. The van der Waals surface area contributed by atoms with E-state index >= 15 is 0 Å². The third-order valence-corrected chi connectivity index (χ3v) is 5.63. The molecule has 3 heterocycles. The molecule has 0 unspecified atom stereocenters. The minimum Gasteiger partial charge on any atom is -0.379 e. The first-order valence-corrected chi connectivity index (χ1v) is 10.8. The number of nitrogens with one attached hydrogen (secondary N) is 1. The predicted octanol–water partition coefficient (Wildman–Crippen LogP) is 2.75. The van der Waals surface area contributed by atoms with Crippen molar-refractivity contribution in [2.24, 2.45) is 0 Å². The van der Waals surface area contributed by atoms with Gasteiger partial charge in [-0.05, 0) is 29.8 Å². The molecule has 2 aromatic carbocycles. The number of hydrogen-bond donors (Lipinski definition) is 1. The molecule has 32 heavy (non-hydrogen) atoms. The highest BCUT2D eigenvalue weighted by atomic mass is 16.5. The van der Waals surface area contributed by atoms with Gasteiger partial charge in [0.05, 0.1) is 25.1 Å². The fraction of sp³-hybridized carbons (Fsp3) is 0.292. The minimum absolute atomic E-state index is 0.128. The van der Waals surface area contributed by atoms with Crippen molar-refractivity contribution in [1.29, 1.82) is 0 Å². The van der Waals surface area contributed by atoms with Crippen molar-refractivity contribution >= 4 is 22.5 Å². The van der Waals surface area contributed by atoms with Crippen LogP contribution in [0.15, 0.2) is 67.0 Å². The van der Waals surface area contributed by atoms with Crippen LogP contribution < -0.4 is 5.32 Å². The highest BCUT2D eigenvalue weighted by Gasteiger charge is 2.14. The zero-order valence-electron chi connectivity index (χ0n) is 17.9. The first-order valence-electron chi connectivity index (χ1n) is 10.8. The van der Waals surface area contributed by atoms with Crippen LogP contribution in [-0.2, 0) is 29.2 Å². The van der Waals surface area contributed by atoms with Crippen LogP contribution in [0.2, 0.25) is 0 Å². The zero-order chi connectivity index (χ0) is 21.8. The topological polar surface area (TPSA) is 77.2 Å². The second kappa shape index (κ2) is 9.33. The number of hydrogen-bond acceptors (Lipinski definition) is 5. The van der Waals surface area contributed by atoms with Gasteiger partial charge in [-0.3, -0.25) is 9.69 Å². The molecule has 164 valence electrons. The summed E-state index contributed by atoms with van der Waals surface area (Å²) in [6.07, 6.45) is 3.91. The van der Waals surface area contributed by atoms with Crippen LogP contribution in [0.5, 0.6) is 0 Å². The Bertz CT molecular complexity index is 1190. The standard InChI is InChI=1S/C24H26N6O2/c31-24(18-30-17-22(26-27-30)16-28-10-12-32-13-11-28)25-21-6-7-23-20(14-21)8-9-29(23)15-19-4-2-1-3-5-19/h1-9,14,17H,10-13,15-16,18H2,(H,25,31). The van der Waals surface area contributed by atoms with Gasteiger partial charge in [0, 0.05) is 49.0 Å². The molecule has 8 nitrogen and oxygen atoms in total. The number of morpholine rings is 1. The maximum Gasteiger partial charge on any atom is 0.246 e. The highest BCUT2D eigenvalue weighted by Crippen LogP contribution is 2.21. The van der Waals surface area contributed by atoms with Crippen molar-refractivity contribution in [2.45, 2.75) is 19.6 Å². The summed E-state index contributed by atoms with van der Waals surface area (Å²) in [6.45, 7) is 4.94. The van der Waals surface area contributed by atoms with E-state index in [2.05, 4.69) is 61.6 Å². The number of ether oxygens (including phenoxy) is 1. The summed E-state index contributed by atoms with van der Waals surface area (Å²) in [4.78, 5) is 14.8. The van der Waals surface area contributed by atoms with E-state index in [1.807, 2.05) is 30.5 Å².